The van der Waals surface area contributed by atoms with Crippen LogP contribution in [0.2, 0.25) is 0 Å². The van der Waals surface area contributed by atoms with Crippen LogP contribution in [0.5, 0.6) is 0 Å². The second-order valence-corrected chi connectivity index (χ2v) is 2.30. The molecule has 1 radical (unpaired) electrons. The van der Waals surface area contributed by atoms with Crippen molar-refractivity contribution in [2.45, 2.75) is 0 Å². The van der Waals surface area contributed by atoms with E-state index in [1.54, 1.807) is 0 Å². The van der Waals surface area contributed by atoms with Crippen LogP contribution in [0.3, 0.4) is 0 Å². The summed E-state index contributed by atoms with van der Waals surface area (Å²) in [7, 11) is 0. The van der Waals surface area contributed by atoms with Crippen molar-refractivity contribution in [3.05, 3.63) is 30.3 Å². The van der Waals surface area contributed by atoms with Crippen LogP contribution in [0.1, 0.15) is 0 Å². The van der Waals surface area contributed by atoms with Gasteiger partial charge in [-0.15, -0.1) is 37.2 Å². The summed E-state index contributed by atoms with van der Waals surface area (Å²) in [6.07, 6.45) is 0. The Bertz CT molecular complexity index is 143. The molecule has 0 fully saturated rings. The molecule has 0 saturated carbocycles. The molecule has 0 saturated heterocycles. The Morgan fingerprint density at radius 3 is 1.40 bits per heavy atom. The van der Waals surface area contributed by atoms with E-state index in [1.807, 2.05) is 30.3 Å². The third-order valence-corrected chi connectivity index (χ3v) is 1.31. The zero-order valence-corrected chi connectivity index (χ0v) is 9.18. The Morgan fingerprint density at radius 2 is 1.20 bits per heavy atom. The fourth-order valence-corrected chi connectivity index (χ4v) is 0.750. The van der Waals surface area contributed by atoms with E-state index in [0.29, 0.717) is 0 Å². The summed E-state index contributed by atoms with van der Waals surface area (Å²) >= 11 is 2.90. The summed E-state index contributed by atoms with van der Waals surface area (Å²) in [5, 5.41) is 0. The van der Waals surface area contributed by atoms with Crippen molar-refractivity contribution in [3.8, 4) is 0 Å². The third-order valence-electron chi connectivity index (χ3n) is 0.743. The Kier molecular flexibility index (Phi) is 16.3. The molecule has 10 heavy (non-hydrogen) atoms. The van der Waals surface area contributed by atoms with Gasteiger partial charge in [0.15, 0.2) is 0 Å². The maximum atomic E-state index is 2.90. The number of rotatable bonds is 0. The van der Waals surface area contributed by atoms with Gasteiger partial charge in [-0.3, -0.25) is 0 Å². The molecule has 1 aromatic carbocycles. The topological polar surface area (TPSA) is 0 Å². The summed E-state index contributed by atoms with van der Waals surface area (Å²) in [5.74, 6) is 0. The van der Waals surface area contributed by atoms with Gasteiger partial charge in [0.2, 0.25) is 0 Å². The molecule has 59 valence electrons. The van der Waals surface area contributed by atoms with Gasteiger partial charge in [-0.1, -0.05) is 0 Å². The summed E-state index contributed by atoms with van der Waals surface area (Å²) in [4.78, 5) is 0. The minimum absolute atomic E-state index is 0. The van der Waals surface area contributed by atoms with Gasteiger partial charge in [-0.2, -0.15) is 0 Å². The number of benzene rings is 1. The molecule has 0 aliphatic rings. The van der Waals surface area contributed by atoms with Crippen LogP contribution in [0.15, 0.2) is 30.3 Å². The van der Waals surface area contributed by atoms with Crippen LogP contribution in [-0.4, -0.2) is 16.0 Å². The first kappa shape index (κ1) is 16.9. The molecule has 4 heteroatoms. The first-order valence-electron chi connectivity index (χ1n) is 2.11. The molecule has 0 aliphatic heterocycles. The van der Waals surface area contributed by atoms with Crippen LogP contribution < -0.4 is 4.46 Å². The second-order valence-electron chi connectivity index (χ2n) is 1.31. The molecular weight excluding hydrogens is 257 g/mol. The van der Waals surface area contributed by atoms with Crippen molar-refractivity contribution in [1.82, 2.24) is 0 Å². The monoisotopic (exact) mass is 265 g/mol. The number of hydrogen-bond donors (Lipinski definition) is 0. The molecular formula is C6H8Cl3Se. The van der Waals surface area contributed by atoms with Gasteiger partial charge >= 0.3 is 50.8 Å². The van der Waals surface area contributed by atoms with Crippen LogP contribution in [0.25, 0.3) is 0 Å². The van der Waals surface area contributed by atoms with E-state index in [4.69, 9.17) is 0 Å². The van der Waals surface area contributed by atoms with Crippen molar-refractivity contribution in [2.75, 3.05) is 0 Å². The van der Waals surface area contributed by atoms with E-state index < -0.39 is 0 Å². The summed E-state index contributed by atoms with van der Waals surface area (Å²) in [6.45, 7) is 0. The van der Waals surface area contributed by atoms with E-state index in [1.165, 1.54) is 4.46 Å². The van der Waals surface area contributed by atoms with Crippen molar-refractivity contribution in [2.24, 2.45) is 0 Å². The molecule has 0 aromatic heterocycles. The number of hydrogen-bond acceptors (Lipinski definition) is 0. The fourth-order valence-electron chi connectivity index (χ4n) is 0.420. The zero-order chi connectivity index (χ0) is 5.11. The standard InChI is InChI=1S/C6H5Se.3ClH/c7-6-4-2-1-3-5-6;;;/h1-5H;3*1H. The van der Waals surface area contributed by atoms with Crippen LogP contribution in [0, 0.1) is 0 Å². The van der Waals surface area contributed by atoms with Gasteiger partial charge in [-0.05, 0) is 0 Å². The Morgan fingerprint density at radius 1 is 0.800 bits per heavy atom. The van der Waals surface area contributed by atoms with Gasteiger partial charge in [0.1, 0.15) is 0 Å². The summed E-state index contributed by atoms with van der Waals surface area (Å²) in [5.41, 5.74) is 0. The maximum absolute atomic E-state index is 2.90. The van der Waals surface area contributed by atoms with E-state index in [9.17, 15) is 0 Å². The molecule has 0 bridgehead atoms. The molecule has 0 spiro atoms. The molecule has 0 nitrogen and oxygen atoms in total. The summed E-state index contributed by atoms with van der Waals surface area (Å²) < 4.78 is 1.20. The minimum atomic E-state index is 0. The average molecular weight is 265 g/mol. The molecule has 0 atom stereocenters. The Hall–Kier alpha value is 0.609. The van der Waals surface area contributed by atoms with Crippen molar-refractivity contribution < 1.29 is 0 Å². The first-order chi connectivity index (χ1) is 3.39. The van der Waals surface area contributed by atoms with Crippen LogP contribution in [0.4, 0.5) is 0 Å². The summed E-state index contributed by atoms with van der Waals surface area (Å²) in [6, 6.07) is 10.1. The molecule has 1 rings (SSSR count). The molecule has 0 N–H and O–H groups in total. The zero-order valence-electron chi connectivity index (χ0n) is 5.02. The predicted octanol–water partition coefficient (Wildman–Crippen LogP) is 1.75. The average Bonchev–Trinajstić information content (AvgIpc) is 1.69. The fraction of sp³-hybridized carbons (Fsp3) is 0. The van der Waals surface area contributed by atoms with E-state index >= 15 is 0 Å². The van der Waals surface area contributed by atoms with E-state index in [-0.39, 0.29) is 37.2 Å². The SMILES string of the molecule is Cl.Cl.Cl.[Se]c1ccccc1. The molecule has 0 heterocycles. The number of halogens is 3. The van der Waals surface area contributed by atoms with Gasteiger partial charge in [0.05, 0.1) is 0 Å². The molecule has 1 aromatic rings. The van der Waals surface area contributed by atoms with Crippen LogP contribution >= 0.6 is 37.2 Å². The van der Waals surface area contributed by atoms with Gasteiger partial charge in [0, 0.05) is 0 Å². The third kappa shape index (κ3) is 6.73. The van der Waals surface area contributed by atoms with Gasteiger partial charge < -0.3 is 0 Å². The first-order valence-corrected chi connectivity index (χ1v) is 2.97. The van der Waals surface area contributed by atoms with E-state index in [0.717, 1.165) is 0 Å². The van der Waals surface area contributed by atoms with Gasteiger partial charge in [-0.25, -0.2) is 0 Å². The van der Waals surface area contributed by atoms with E-state index in [2.05, 4.69) is 16.0 Å². The van der Waals surface area contributed by atoms with Crippen molar-refractivity contribution >= 4 is 57.7 Å². The molecule has 0 aliphatic carbocycles. The predicted molar refractivity (Wildman–Crippen MR) is 53.6 cm³/mol. The molecule has 0 amide bonds. The normalized spacial score (nSPS) is 6.00. The second kappa shape index (κ2) is 9.61. The Labute approximate surface area is 87.8 Å². The van der Waals surface area contributed by atoms with Crippen molar-refractivity contribution in [3.63, 3.8) is 0 Å². The Balaban J connectivity index is -0.000000163. The quantitative estimate of drug-likeness (QED) is 0.627. The molecule has 0 unspecified atom stereocenters. The van der Waals surface area contributed by atoms with Crippen molar-refractivity contribution in [1.29, 1.82) is 0 Å². The van der Waals surface area contributed by atoms with Crippen LogP contribution in [-0.2, 0) is 0 Å². The van der Waals surface area contributed by atoms with Gasteiger partial charge in [0.25, 0.3) is 0 Å².